The van der Waals surface area contributed by atoms with Crippen LogP contribution >= 0.6 is 0 Å². The maximum Gasteiger partial charge on any atom is 0.269 e. The quantitative estimate of drug-likeness (QED) is 0.0603. The lowest BCUT2D eigenvalue weighted by molar-refractivity contribution is -0.385. The van der Waals surface area contributed by atoms with Crippen molar-refractivity contribution in [1.82, 2.24) is 0 Å². The van der Waals surface area contributed by atoms with Crippen molar-refractivity contribution in [3.63, 3.8) is 0 Å². The molecule has 0 spiro atoms. The van der Waals surface area contributed by atoms with E-state index in [4.69, 9.17) is 8.85 Å². The van der Waals surface area contributed by atoms with Gasteiger partial charge in [-0.15, -0.1) is 0 Å². The van der Waals surface area contributed by atoms with Gasteiger partial charge in [0, 0.05) is 35.4 Å². The van der Waals surface area contributed by atoms with Crippen molar-refractivity contribution in [2.75, 3.05) is 10.6 Å². The average molecular weight is 827 g/mol. The van der Waals surface area contributed by atoms with Gasteiger partial charge in [-0.1, -0.05) is 95.2 Å². The van der Waals surface area contributed by atoms with Gasteiger partial charge in [-0.3, -0.25) is 29.8 Å². The van der Waals surface area contributed by atoms with E-state index in [1.165, 1.54) is 48.5 Å². The number of nitro groups is 2. The van der Waals surface area contributed by atoms with Crippen LogP contribution in [0.4, 0.5) is 22.7 Å². The summed E-state index contributed by atoms with van der Waals surface area (Å²) in [4.78, 5) is 48.6. The molecule has 12 nitrogen and oxygen atoms in total. The van der Waals surface area contributed by atoms with Crippen LogP contribution in [-0.2, 0) is 0 Å². The Morgan fingerprint density at radius 2 is 0.759 bits per heavy atom. The second-order valence-corrected chi connectivity index (χ2v) is 27.5. The number of nitrogens with zero attached hydrogens (tertiary/aromatic N) is 2. The van der Waals surface area contributed by atoms with E-state index < -0.39 is 38.3 Å². The number of non-ortho nitro benzene ring substituents is 2. The lowest BCUT2D eigenvalue weighted by Gasteiger charge is -2.43. The minimum Gasteiger partial charge on any atom is -0.541 e. The normalized spacial score (nSPS) is 12.1. The van der Waals surface area contributed by atoms with Crippen LogP contribution in [0.15, 0.2) is 84.9 Å². The van der Waals surface area contributed by atoms with E-state index in [-0.39, 0.29) is 55.7 Å². The Morgan fingerprint density at radius 1 is 0.483 bits per heavy atom. The largest absolute Gasteiger partial charge is 0.541 e. The molecule has 0 aliphatic rings. The number of nitrogens with one attached hydrogen (secondary N) is 2. The molecule has 0 saturated heterocycles. The molecular weight excluding hydrogens is 769 g/mol. The maximum absolute atomic E-state index is 13.6. The summed E-state index contributed by atoms with van der Waals surface area (Å²) in [5, 5.41) is 28.5. The van der Waals surface area contributed by atoms with Crippen LogP contribution in [0.5, 0.6) is 11.5 Å². The van der Waals surface area contributed by atoms with E-state index in [0.717, 1.165) is 11.1 Å². The highest BCUT2D eigenvalue weighted by molar-refractivity contribution is 6.78. The standard InChI is InChI=1S/C44H58N4O8Si2/c1-27(2)57(28(3)4,29(5)6)55-41-25-35(17-23-39(41)45-43(49)33-13-19-37(20-14-33)47(51)52)36-18-24-40(46-44(50)34-15-21-38(22-16-34)48(53)54)42(26-36)56-58(30(7)8,31(9)10)32(11)12/h13-32H,1-12H3,(H,45,49)(H,46,50). The molecule has 4 aromatic carbocycles. The van der Waals surface area contributed by atoms with E-state index in [1.54, 1.807) is 0 Å². The smallest absolute Gasteiger partial charge is 0.269 e. The summed E-state index contributed by atoms with van der Waals surface area (Å²) in [6, 6.07) is 22.2. The number of carbonyl (C=O) groups excluding carboxylic acids is 2. The Morgan fingerprint density at radius 3 is 1.00 bits per heavy atom. The predicted molar refractivity (Wildman–Crippen MR) is 237 cm³/mol. The molecule has 0 bridgehead atoms. The van der Waals surface area contributed by atoms with Gasteiger partial charge in [-0.2, -0.15) is 0 Å². The van der Waals surface area contributed by atoms with Gasteiger partial charge in [0.1, 0.15) is 11.5 Å². The first-order valence-electron chi connectivity index (χ1n) is 19.9. The number of hydrogen-bond donors (Lipinski definition) is 2. The summed E-state index contributed by atoms with van der Waals surface area (Å²) in [5.74, 6) is 0.173. The van der Waals surface area contributed by atoms with E-state index in [0.29, 0.717) is 22.9 Å². The number of anilines is 2. The van der Waals surface area contributed by atoms with Crippen LogP contribution in [0.3, 0.4) is 0 Å². The molecule has 0 unspecified atom stereocenters. The number of benzene rings is 4. The maximum atomic E-state index is 13.6. The molecule has 0 atom stereocenters. The molecule has 4 aromatic rings. The Hall–Kier alpha value is -5.35. The number of amides is 2. The molecule has 0 fully saturated rings. The van der Waals surface area contributed by atoms with Crippen molar-refractivity contribution >= 4 is 51.2 Å². The van der Waals surface area contributed by atoms with Crippen LogP contribution in [0.25, 0.3) is 11.1 Å². The third kappa shape index (κ3) is 9.50. The molecule has 4 rings (SSSR count). The molecular formula is C44H58N4O8Si2. The van der Waals surface area contributed by atoms with E-state index in [1.807, 2.05) is 36.4 Å². The molecule has 0 aromatic heterocycles. The zero-order valence-corrected chi connectivity index (χ0v) is 37.7. The van der Waals surface area contributed by atoms with Crippen LogP contribution in [0.1, 0.15) is 104 Å². The lowest BCUT2D eigenvalue weighted by atomic mass is 10.0. The molecule has 0 aliphatic heterocycles. The Kier molecular flexibility index (Phi) is 14.5. The van der Waals surface area contributed by atoms with Crippen LogP contribution in [-0.4, -0.2) is 38.3 Å². The summed E-state index contributed by atoms with van der Waals surface area (Å²) >= 11 is 0. The third-order valence-electron chi connectivity index (χ3n) is 11.5. The van der Waals surface area contributed by atoms with Gasteiger partial charge < -0.3 is 19.5 Å². The molecule has 14 heteroatoms. The monoisotopic (exact) mass is 826 g/mol. The van der Waals surface area contributed by atoms with Gasteiger partial charge in [-0.25, -0.2) is 0 Å². The van der Waals surface area contributed by atoms with Gasteiger partial charge in [0.25, 0.3) is 39.8 Å². The molecule has 310 valence electrons. The van der Waals surface area contributed by atoms with Crippen molar-refractivity contribution in [3.05, 3.63) is 116 Å². The number of hydrogen-bond acceptors (Lipinski definition) is 8. The van der Waals surface area contributed by atoms with Crippen molar-refractivity contribution in [2.45, 2.75) is 116 Å². The van der Waals surface area contributed by atoms with Gasteiger partial charge in [0.2, 0.25) is 0 Å². The van der Waals surface area contributed by atoms with Gasteiger partial charge in [0.05, 0.1) is 21.2 Å². The number of rotatable bonds is 17. The molecule has 2 N–H and O–H groups in total. The fourth-order valence-electron chi connectivity index (χ4n) is 8.73. The molecule has 0 radical (unpaired) electrons. The Labute approximate surface area is 344 Å². The summed E-state index contributed by atoms with van der Waals surface area (Å²) < 4.78 is 14.5. The molecule has 0 aliphatic carbocycles. The van der Waals surface area contributed by atoms with Crippen LogP contribution < -0.4 is 19.5 Å². The second-order valence-electron chi connectivity index (χ2n) is 16.8. The van der Waals surface area contributed by atoms with Crippen molar-refractivity contribution < 1.29 is 28.3 Å². The molecule has 0 saturated carbocycles. The fourth-order valence-corrected chi connectivity index (χ4v) is 19.2. The topological polar surface area (TPSA) is 163 Å². The molecule has 2 amide bonds. The summed E-state index contributed by atoms with van der Waals surface area (Å²) in [7, 11) is -5.11. The van der Waals surface area contributed by atoms with Crippen LogP contribution in [0, 0.1) is 20.2 Å². The summed E-state index contributed by atoms with van der Waals surface area (Å²) in [6.07, 6.45) is 0. The van der Waals surface area contributed by atoms with Crippen molar-refractivity contribution in [2.24, 2.45) is 0 Å². The minimum atomic E-state index is -2.55. The first-order valence-corrected chi connectivity index (χ1v) is 24.2. The van der Waals surface area contributed by atoms with Gasteiger partial charge in [-0.05, 0) is 92.9 Å². The fraction of sp³-hybridized carbons (Fsp3) is 0.409. The highest BCUT2D eigenvalue weighted by atomic mass is 28.4. The number of nitro benzene ring substituents is 2. The zero-order valence-electron chi connectivity index (χ0n) is 35.7. The lowest BCUT2D eigenvalue weighted by Crippen LogP contribution is -2.50. The first kappa shape index (κ1) is 45.4. The number of carbonyl (C=O) groups is 2. The summed E-state index contributed by atoms with van der Waals surface area (Å²) in [5.41, 5.74) is 4.24. The molecule has 0 heterocycles. The van der Waals surface area contributed by atoms with E-state index >= 15 is 0 Å². The third-order valence-corrected chi connectivity index (χ3v) is 23.4. The van der Waals surface area contributed by atoms with Gasteiger partial charge >= 0.3 is 0 Å². The van der Waals surface area contributed by atoms with Crippen molar-refractivity contribution in [3.8, 4) is 22.6 Å². The highest BCUT2D eigenvalue weighted by Gasteiger charge is 2.48. The predicted octanol–water partition coefficient (Wildman–Crippen LogP) is 12.8. The zero-order chi connectivity index (χ0) is 43.3. The first-order chi connectivity index (χ1) is 27.1. The highest BCUT2D eigenvalue weighted by Crippen LogP contribution is 2.47. The Bertz CT molecular complexity index is 1920. The van der Waals surface area contributed by atoms with Gasteiger partial charge in [0.15, 0.2) is 0 Å². The summed E-state index contributed by atoms with van der Waals surface area (Å²) in [6.45, 7) is 26.2. The minimum absolute atomic E-state index is 0.109. The SMILES string of the molecule is CC(C)[Si](Oc1cc(-c2ccc(NC(=O)c3ccc([N+](=O)[O-])cc3)c(O[Si](C(C)C)(C(C)C)C(C)C)c2)ccc1NC(=O)c1ccc([N+](=O)[O-])cc1)(C(C)C)C(C)C. The average Bonchev–Trinajstić information content (AvgIpc) is 3.16. The van der Waals surface area contributed by atoms with E-state index in [9.17, 15) is 29.8 Å². The van der Waals surface area contributed by atoms with Crippen LogP contribution in [0.2, 0.25) is 33.2 Å². The van der Waals surface area contributed by atoms with E-state index in [2.05, 4.69) is 93.7 Å². The Balaban J connectivity index is 1.89. The molecule has 58 heavy (non-hydrogen) atoms. The second kappa shape index (κ2) is 18.5. The van der Waals surface area contributed by atoms with Crippen molar-refractivity contribution in [1.29, 1.82) is 0 Å².